The highest BCUT2D eigenvalue weighted by Gasteiger charge is 2.28. The Kier molecular flexibility index (Phi) is 5.39. The number of amides is 2. The lowest BCUT2D eigenvalue weighted by Crippen LogP contribution is -2.51. The molecule has 6 heteroatoms. The fourth-order valence-corrected chi connectivity index (χ4v) is 3.74. The molecule has 0 N–H and O–H groups in total. The van der Waals surface area contributed by atoms with Crippen LogP contribution in [0.3, 0.4) is 0 Å². The lowest BCUT2D eigenvalue weighted by molar-refractivity contribution is -0.133. The molecular formula is C18H22ClFN2O2. The van der Waals surface area contributed by atoms with Gasteiger partial charge >= 0.3 is 0 Å². The van der Waals surface area contributed by atoms with E-state index in [-0.39, 0.29) is 22.4 Å². The van der Waals surface area contributed by atoms with Crippen molar-refractivity contribution in [2.75, 3.05) is 26.2 Å². The second kappa shape index (κ2) is 7.51. The number of nitrogens with zero attached hydrogens (tertiary/aromatic N) is 2. The zero-order chi connectivity index (χ0) is 17.1. The van der Waals surface area contributed by atoms with Crippen LogP contribution in [0.4, 0.5) is 4.39 Å². The highest BCUT2D eigenvalue weighted by molar-refractivity contribution is 6.30. The fraction of sp³-hybridized carbons (Fsp3) is 0.556. The Morgan fingerprint density at radius 3 is 2.33 bits per heavy atom. The first-order valence-electron chi connectivity index (χ1n) is 8.56. The minimum absolute atomic E-state index is 0.0325. The van der Waals surface area contributed by atoms with Crippen molar-refractivity contribution in [2.24, 2.45) is 5.92 Å². The van der Waals surface area contributed by atoms with E-state index in [1.54, 1.807) is 4.90 Å². The second-order valence-electron chi connectivity index (χ2n) is 6.65. The van der Waals surface area contributed by atoms with Crippen LogP contribution in [0.15, 0.2) is 18.2 Å². The van der Waals surface area contributed by atoms with Crippen LogP contribution in [0.1, 0.15) is 42.5 Å². The third-order valence-electron chi connectivity index (χ3n) is 5.02. The van der Waals surface area contributed by atoms with E-state index in [9.17, 15) is 14.0 Å². The minimum atomic E-state index is -0.604. The maximum Gasteiger partial charge on any atom is 0.256 e. The normalized spacial score (nSPS) is 18.9. The summed E-state index contributed by atoms with van der Waals surface area (Å²) in [6.07, 6.45) is 5.39. The molecule has 0 atom stereocenters. The van der Waals surface area contributed by atoms with Crippen molar-refractivity contribution in [3.05, 3.63) is 34.6 Å². The van der Waals surface area contributed by atoms with Crippen LogP contribution in [0.5, 0.6) is 0 Å². The Balaban J connectivity index is 1.54. The van der Waals surface area contributed by atoms with E-state index < -0.39 is 5.82 Å². The predicted octanol–water partition coefficient (Wildman–Crippen LogP) is 3.34. The van der Waals surface area contributed by atoms with Crippen molar-refractivity contribution in [1.29, 1.82) is 0 Å². The molecule has 1 saturated carbocycles. The van der Waals surface area contributed by atoms with Gasteiger partial charge < -0.3 is 9.80 Å². The van der Waals surface area contributed by atoms with Crippen LogP contribution in [0.2, 0.25) is 5.02 Å². The van der Waals surface area contributed by atoms with Gasteiger partial charge in [-0.3, -0.25) is 9.59 Å². The highest BCUT2D eigenvalue weighted by atomic mass is 35.5. The number of carbonyl (C=O) groups is 2. The maximum atomic E-state index is 13.9. The number of piperazine rings is 1. The van der Waals surface area contributed by atoms with E-state index in [1.165, 1.54) is 25.0 Å². The van der Waals surface area contributed by atoms with Crippen molar-refractivity contribution in [3.8, 4) is 0 Å². The summed E-state index contributed by atoms with van der Waals surface area (Å²) >= 11 is 5.72. The third-order valence-corrected chi connectivity index (χ3v) is 5.25. The first-order chi connectivity index (χ1) is 11.5. The molecule has 1 saturated heterocycles. The Hall–Kier alpha value is -1.62. The van der Waals surface area contributed by atoms with Crippen LogP contribution >= 0.6 is 11.6 Å². The molecule has 2 fully saturated rings. The summed E-state index contributed by atoms with van der Waals surface area (Å²) in [6.45, 7) is 1.92. The van der Waals surface area contributed by atoms with Gasteiger partial charge in [0.25, 0.3) is 5.91 Å². The topological polar surface area (TPSA) is 40.6 Å². The summed E-state index contributed by atoms with van der Waals surface area (Å²) in [7, 11) is 0. The molecule has 24 heavy (non-hydrogen) atoms. The van der Waals surface area contributed by atoms with Crippen LogP contribution < -0.4 is 0 Å². The Bertz CT molecular complexity index is 623. The molecular weight excluding hydrogens is 331 g/mol. The van der Waals surface area contributed by atoms with Crippen molar-refractivity contribution in [1.82, 2.24) is 9.80 Å². The number of rotatable bonds is 3. The van der Waals surface area contributed by atoms with Gasteiger partial charge in [-0.1, -0.05) is 24.4 Å². The summed E-state index contributed by atoms with van der Waals surface area (Å²) in [6, 6.07) is 4.08. The van der Waals surface area contributed by atoms with Crippen molar-refractivity contribution in [2.45, 2.75) is 32.1 Å². The second-order valence-corrected chi connectivity index (χ2v) is 7.09. The van der Waals surface area contributed by atoms with Crippen molar-refractivity contribution in [3.63, 3.8) is 0 Å². The molecule has 1 heterocycles. The maximum absolute atomic E-state index is 13.9. The molecule has 3 rings (SSSR count). The van der Waals surface area contributed by atoms with Crippen LogP contribution in [0.25, 0.3) is 0 Å². The number of benzene rings is 1. The van der Waals surface area contributed by atoms with Gasteiger partial charge in [0.1, 0.15) is 5.82 Å². The molecule has 0 unspecified atom stereocenters. The van der Waals surface area contributed by atoms with Gasteiger partial charge in [-0.2, -0.15) is 0 Å². The first-order valence-corrected chi connectivity index (χ1v) is 8.94. The average molecular weight is 353 g/mol. The van der Waals surface area contributed by atoms with Gasteiger partial charge in [-0.05, 0) is 37.0 Å². The smallest absolute Gasteiger partial charge is 0.256 e. The van der Waals surface area contributed by atoms with E-state index in [0.717, 1.165) is 18.9 Å². The predicted molar refractivity (Wildman–Crippen MR) is 90.5 cm³/mol. The molecule has 2 amide bonds. The van der Waals surface area contributed by atoms with Gasteiger partial charge in [0.05, 0.1) is 5.56 Å². The lowest BCUT2D eigenvalue weighted by Gasteiger charge is -2.35. The Morgan fingerprint density at radius 2 is 1.71 bits per heavy atom. The Morgan fingerprint density at radius 1 is 1.08 bits per heavy atom. The molecule has 1 aliphatic carbocycles. The molecule has 1 aromatic rings. The highest BCUT2D eigenvalue weighted by Crippen LogP contribution is 2.28. The van der Waals surface area contributed by atoms with Crippen LogP contribution in [-0.2, 0) is 4.79 Å². The summed E-state index contributed by atoms with van der Waals surface area (Å²) in [5.41, 5.74) is 0.0325. The SMILES string of the molecule is O=C(CC1CCCC1)N1CCN(C(=O)c2ccc(Cl)cc2F)CC1. The molecule has 4 nitrogen and oxygen atoms in total. The number of carbonyl (C=O) groups excluding carboxylic acids is 2. The molecule has 0 aromatic heterocycles. The van der Waals surface area contributed by atoms with Crippen LogP contribution in [0, 0.1) is 11.7 Å². The van der Waals surface area contributed by atoms with Gasteiger partial charge in [-0.15, -0.1) is 0 Å². The van der Waals surface area contributed by atoms with Gasteiger partial charge in [0.2, 0.25) is 5.91 Å². The zero-order valence-corrected chi connectivity index (χ0v) is 14.4. The molecule has 0 bridgehead atoms. The zero-order valence-electron chi connectivity index (χ0n) is 13.6. The van der Waals surface area contributed by atoms with Gasteiger partial charge in [0.15, 0.2) is 0 Å². The monoisotopic (exact) mass is 352 g/mol. The standard InChI is InChI=1S/C18H22ClFN2O2/c19-14-5-6-15(16(20)12-14)18(24)22-9-7-21(8-10-22)17(23)11-13-3-1-2-4-13/h5-6,12-13H,1-4,7-11H2. The van der Waals surface area contributed by atoms with Crippen molar-refractivity contribution >= 4 is 23.4 Å². The fourth-order valence-electron chi connectivity index (χ4n) is 3.58. The summed E-state index contributed by atoms with van der Waals surface area (Å²) in [5.74, 6) is -0.230. The first kappa shape index (κ1) is 17.2. The van der Waals surface area contributed by atoms with Gasteiger partial charge in [-0.25, -0.2) is 4.39 Å². The Labute approximate surface area is 146 Å². The lowest BCUT2D eigenvalue weighted by atomic mass is 10.0. The van der Waals surface area contributed by atoms with Gasteiger partial charge in [0, 0.05) is 37.6 Å². The summed E-state index contributed by atoms with van der Waals surface area (Å²) in [4.78, 5) is 28.2. The van der Waals surface area contributed by atoms with E-state index in [0.29, 0.717) is 38.5 Å². The summed E-state index contributed by atoms with van der Waals surface area (Å²) < 4.78 is 13.9. The number of halogens is 2. The molecule has 1 aliphatic heterocycles. The molecule has 0 spiro atoms. The van der Waals surface area contributed by atoms with Crippen molar-refractivity contribution < 1.29 is 14.0 Å². The van der Waals surface area contributed by atoms with E-state index in [2.05, 4.69) is 0 Å². The van der Waals surface area contributed by atoms with E-state index >= 15 is 0 Å². The van der Waals surface area contributed by atoms with E-state index in [4.69, 9.17) is 11.6 Å². The molecule has 1 aromatic carbocycles. The number of hydrogen-bond donors (Lipinski definition) is 0. The quantitative estimate of drug-likeness (QED) is 0.837. The molecule has 0 radical (unpaired) electrons. The summed E-state index contributed by atoms with van der Waals surface area (Å²) in [5, 5.41) is 0.270. The van der Waals surface area contributed by atoms with Crippen LogP contribution in [-0.4, -0.2) is 47.8 Å². The average Bonchev–Trinajstić information content (AvgIpc) is 3.07. The molecule has 130 valence electrons. The number of hydrogen-bond acceptors (Lipinski definition) is 2. The largest absolute Gasteiger partial charge is 0.339 e. The van der Waals surface area contributed by atoms with E-state index in [1.807, 2.05) is 4.90 Å². The third kappa shape index (κ3) is 3.89. The minimum Gasteiger partial charge on any atom is -0.339 e. The molecule has 2 aliphatic rings.